The van der Waals surface area contributed by atoms with Crippen LogP contribution in [0.5, 0.6) is 0 Å². The number of aliphatic hydroxyl groups is 1. The number of nitrogens with zero attached hydrogens (tertiary/aromatic N) is 2. The minimum absolute atomic E-state index is 0.0405. The first kappa shape index (κ1) is 12.7. The first-order valence-corrected chi connectivity index (χ1v) is 4.36. The van der Waals surface area contributed by atoms with Crippen LogP contribution in [0.2, 0.25) is 0 Å². The summed E-state index contributed by atoms with van der Waals surface area (Å²) in [6.45, 7) is 4.41. The lowest BCUT2D eigenvalue weighted by Crippen LogP contribution is -2.22. The van der Waals surface area contributed by atoms with Crippen molar-refractivity contribution < 1.29 is 9.90 Å². The summed E-state index contributed by atoms with van der Waals surface area (Å²) in [6.07, 6.45) is 3.27. The van der Waals surface area contributed by atoms with E-state index >= 15 is 0 Å². The van der Waals surface area contributed by atoms with Gasteiger partial charge in [0.2, 0.25) is 5.91 Å². The molecule has 0 aliphatic carbocycles. The average Bonchev–Trinajstić information content (AvgIpc) is 2.02. The molecule has 0 fully saturated rings. The largest absolute Gasteiger partial charge is 0.512 e. The number of aliphatic hydroxyl groups excluding tert-OH is 1. The number of likely N-dealkylation sites (N-methyl/N-ethyl adjacent to an activating group) is 2. The molecule has 0 radical (unpaired) electrons. The maximum atomic E-state index is 11.1. The highest BCUT2D eigenvalue weighted by molar-refractivity contribution is 5.87. The lowest BCUT2D eigenvalue weighted by atomic mass is 10.4. The highest BCUT2D eigenvalue weighted by Crippen LogP contribution is 1.90. The van der Waals surface area contributed by atoms with Crippen molar-refractivity contribution in [2.45, 2.75) is 0 Å². The summed E-state index contributed by atoms with van der Waals surface area (Å²) in [5, 5.41) is 8.88. The second-order valence-corrected chi connectivity index (χ2v) is 3.40. The normalized spacial score (nSPS) is 10.9. The molecular weight excluding hydrogens is 180 g/mol. The number of hydrogen-bond acceptors (Lipinski definition) is 3. The fourth-order valence-electron chi connectivity index (χ4n) is 0.859. The van der Waals surface area contributed by atoms with Crippen LogP contribution in [0.25, 0.3) is 0 Å². The Labute approximate surface area is 85.1 Å². The van der Waals surface area contributed by atoms with Crippen molar-refractivity contribution >= 4 is 5.91 Å². The molecule has 0 unspecified atom stereocenters. The van der Waals surface area contributed by atoms with Crippen molar-refractivity contribution in [2.24, 2.45) is 0 Å². The van der Waals surface area contributed by atoms with E-state index < -0.39 is 0 Å². The number of carbonyl (C=O) groups excluding carboxylic acids is 1. The van der Waals surface area contributed by atoms with Crippen LogP contribution in [-0.4, -0.2) is 55.0 Å². The fourth-order valence-corrected chi connectivity index (χ4v) is 0.859. The van der Waals surface area contributed by atoms with E-state index in [1.54, 1.807) is 20.2 Å². The Bertz CT molecular complexity index is 234. The lowest BCUT2D eigenvalue weighted by Gasteiger charge is -2.12. The van der Waals surface area contributed by atoms with Gasteiger partial charge < -0.3 is 10.0 Å². The third-order valence-electron chi connectivity index (χ3n) is 1.57. The van der Waals surface area contributed by atoms with Gasteiger partial charge in [-0.1, -0.05) is 12.7 Å². The summed E-state index contributed by atoms with van der Waals surface area (Å²) in [6, 6.07) is 0. The molecule has 14 heavy (non-hydrogen) atoms. The summed E-state index contributed by atoms with van der Waals surface area (Å²) in [4.78, 5) is 14.5. The van der Waals surface area contributed by atoms with Crippen LogP contribution < -0.4 is 0 Å². The molecule has 0 rings (SSSR count). The molecule has 0 aliphatic heterocycles. The highest BCUT2D eigenvalue weighted by atomic mass is 16.3. The van der Waals surface area contributed by atoms with E-state index in [0.717, 1.165) is 0 Å². The Kier molecular flexibility index (Phi) is 5.64. The molecular formula is C10H18N2O2. The van der Waals surface area contributed by atoms with Crippen LogP contribution in [0.4, 0.5) is 0 Å². The van der Waals surface area contributed by atoms with Gasteiger partial charge in [-0.2, -0.15) is 0 Å². The Morgan fingerprint density at radius 1 is 1.43 bits per heavy atom. The molecule has 0 aromatic carbocycles. The van der Waals surface area contributed by atoms with Crippen molar-refractivity contribution in [2.75, 3.05) is 34.2 Å². The molecule has 0 spiro atoms. The van der Waals surface area contributed by atoms with Crippen LogP contribution in [0.3, 0.4) is 0 Å². The summed E-state index contributed by atoms with van der Waals surface area (Å²) < 4.78 is 0. The molecule has 0 atom stereocenters. The highest BCUT2D eigenvalue weighted by Gasteiger charge is 1.98. The van der Waals surface area contributed by atoms with E-state index in [2.05, 4.69) is 6.58 Å². The standard InChI is InChI=1S/C10H18N2O2/c1-9(13)8-12(4)7-5-6-10(14)11(2)3/h5-6,13H,1,7-8H2,2-4H3/b6-5+. The molecule has 0 bridgehead atoms. The molecule has 1 N–H and O–H groups in total. The zero-order valence-electron chi connectivity index (χ0n) is 9.03. The van der Waals surface area contributed by atoms with Crippen LogP contribution in [-0.2, 0) is 4.79 Å². The van der Waals surface area contributed by atoms with Crippen LogP contribution in [0.1, 0.15) is 0 Å². The van der Waals surface area contributed by atoms with Gasteiger partial charge in [0.05, 0.1) is 12.3 Å². The molecule has 0 aromatic rings. The van der Waals surface area contributed by atoms with E-state index in [1.165, 1.54) is 11.0 Å². The first-order chi connectivity index (χ1) is 6.43. The van der Waals surface area contributed by atoms with Gasteiger partial charge in [0.25, 0.3) is 0 Å². The number of rotatable bonds is 5. The molecule has 0 saturated heterocycles. The zero-order chi connectivity index (χ0) is 11.1. The number of carbonyl (C=O) groups is 1. The van der Waals surface area contributed by atoms with Crippen molar-refractivity contribution in [3.8, 4) is 0 Å². The van der Waals surface area contributed by atoms with Crippen molar-refractivity contribution in [1.29, 1.82) is 0 Å². The van der Waals surface area contributed by atoms with Crippen molar-refractivity contribution in [1.82, 2.24) is 9.80 Å². The Balaban J connectivity index is 3.81. The SMILES string of the molecule is C=C(O)CN(C)C/C=C/C(=O)N(C)C. The molecule has 0 heterocycles. The van der Waals surface area contributed by atoms with Gasteiger partial charge >= 0.3 is 0 Å². The molecule has 4 heteroatoms. The third-order valence-corrected chi connectivity index (χ3v) is 1.57. The smallest absolute Gasteiger partial charge is 0.245 e. The number of amides is 1. The Hall–Kier alpha value is -1.29. The second kappa shape index (κ2) is 6.21. The Morgan fingerprint density at radius 2 is 2.00 bits per heavy atom. The van der Waals surface area contributed by atoms with E-state index in [-0.39, 0.29) is 11.7 Å². The van der Waals surface area contributed by atoms with Crippen LogP contribution in [0, 0.1) is 0 Å². The summed E-state index contributed by atoms with van der Waals surface area (Å²) in [7, 11) is 5.24. The van der Waals surface area contributed by atoms with Gasteiger partial charge in [-0.15, -0.1) is 0 Å². The van der Waals surface area contributed by atoms with E-state index in [9.17, 15) is 4.79 Å². The predicted octanol–water partition coefficient (Wildman–Crippen LogP) is 0.634. The van der Waals surface area contributed by atoms with Gasteiger partial charge in [-0.25, -0.2) is 0 Å². The van der Waals surface area contributed by atoms with Crippen LogP contribution in [0.15, 0.2) is 24.5 Å². The molecule has 0 saturated carbocycles. The molecule has 0 aromatic heterocycles. The maximum absolute atomic E-state index is 11.1. The van der Waals surface area contributed by atoms with Crippen molar-refractivity contribution in [3.63, 3.8) is 0 Å². The third kappa shape index (κ3) is 6.25. The fraction of sp³-hybridized carbons (Fsp3) is 0.500. The monoisotopic (exact) mass is 198 g/mol. The quantitative estimate of drug-likeness (QED) is 0.520. The molecule has 1 amide bonds. The molecule has 80 valence electrons. The van der Waals surface area contributed by atoms with E-state index in [0.29, 0.717) is 13.1 Å². The van der Waals surface area contributed by atoms with Gasteiger partial charge in [0, 0.05) is 26.7 Å². The number of hydrogen-bond donors (Lipinski definition) is 1. The maximum Gasteiger partial charge on any atom is 0.245 e. The molecule has 4 nitrogen and oxygen atoms in total. The summed E-state index contributed by atoms with van der Waals surface area (Å²) in [5.74, 6) is 0.0843. The topological polar surface area (TPSA) is 43.8 Å². The zero-order valence-corrected chi connectivity index (χ0v) is 9.03. The summed E-state index contributed by atoms with van der Waals surface area (Å²) >= 11 is 0. The minimum Gasteiger partial charge on any atom is -0.512 e. The van der Waals surface area contributed by atoms with Crippen molar-refractivity contribution in [3.05, 3.63) is 24.5 Å². The van der Waals surface area contributed by atoms with Crippen LogP contribution >= 0.6 is 0 Å². The summed E-state index contributed by atoms with van der Waals surface area (Å²) in [5.41, 5.74) is 0. The average molecular weight is 198 g/mol. The molecule has 0 aliphatic rings. The second-order valence-electron chi connectivity index (χ2n) is 3.40. The first-order valence-electron chi connectivity index (χ1n) is 4.36. The lowest BCUT2D eigenvalue weighted by molar-refractivity contribution is -0.123. The predicted molar refractivity (Wildman–Crippen MR) is 57.1 cm³/mol. The van der Waals surface area contributed by atoms with E-state index in [4.69, 9.17) is 5.11 Å². The van der Waals surface area contributed by atoms with Gasteiger partial charge in [0.15, 0.2) is 0 Å². The minimum atomic E-state index is -0.0405. The van der Waals surface area contributed by atoms with E-state index in [1.807, 2.05) is 11.9 Å². The van der Waals surface area contributed by atoms with Gasteiger partial charge in [-0.05, 0) is 7.05 Å². The van der Waals surface area contributed by atoms with Gasteiger partial charge in [0.1, 0.15) is 0 Å². The van der Waals surface area contributed by atoms with Gasteiger partial charge in [-0.3, -0.25) is 9.69 Å². The Morgan fingerprint density at radius 3 is 2.43 bits per heavy atom.